The van der Waals surface area contributed by atoms with Crippen molar-refractivity contribution in [1.29, 1.82) is 0 Å². The maximum atomic E-state index is 12.0. The van der Waals surface area contributed by atoms with E-state index in [0.29, 0.717) is 11.6 Å². The van der Waals surface area contributed by atoms with E-state index in [1.807, 2.05) is 30.3 Å². The second-order valence-corrected chi connectivity index (χ2v) is 6.89. The van der Waals surface area contributed by atoms with E-state index in [9.17, 15) is 4.79 Å². The Kier molecular flexibility index (Phi) is 7.63. The van der Waals surface area contributed by atoms with Crippen LogP contribution in [0.15, 0.2) is 54.0 Å². The van der Waals surface area contributed by atoms with Gasteiger partial charge in [-0.25, -0.2) is 0 Å². The van der Waals surface area contributed by atoms with Crippen LogP contribution in [0, 0.1) is 0 Å². The van der Waals surface area contributed by atoms with E-state index in [-0.39, 0.29) is 11.7 Å². The molecule has 1 aromatic carbocycles. The summed E-state index contributed by atoms with van der Waals surface area (Å²) in [6.45, 7) is 0. The number of nitrogens with two attached hydrogens (primary N) is 3. The molecule has 0 aliphatic rings. The molecule has 0 spiro atoms. The van der Waals surface area contributed by atoms with Gasteiger partial charge in [0.05, 0.1) is 12.2 Å². The zero-order valence-electron chi connectivity index (χ0n) is 14.5. The van der Waals surface area contributed by atoms with Crippen molar-refractivity contribution in [2.45, 2.75) is 32.1 Å². The van der Waals surface area contributed by atoms with Crippen LogP contribution in [0.2, 0.25) is 0 Å². The topological polar surface area (TPSA) is 133 Å². The number of anilines is 1. The van der Waals surface area contributed by atoms with Crippen molar-refractivity contribution in [3.8, 4) is 0 Å². The quantitative estimate of drug-likeness (QED) is 0.393. The van der Waals surface area contributed by atoms with Crippen LogP contribution in [0.3, 0.4) is 0 Å². The fourth-order valence-corrected chi connectivity index (χ4v) is 3.04. The number of aromatic nitrogens is 2. The minimum absolute atomic E-state index is 0.0935. The fourth-order valence-electron chi connectivity index (χ4n) is 2.24. The number of rotatable bonds is 9. The maximum absolute atomic E-state index is 12.0. The number of nitrogens with one attached hydrogen (secondary N) is 1. The summed E-state index contributed by atoms with van der Waals surface area (Å²) in [5.41, 5.74) is 18.3. The molecule has 1 amide bonds. The summed E-state index contributed by atoms with van der Waals surface area (Å²) in [7, 11) is 0. The highest BCUT2D eigenvalue weighted by atomic mass is 32.1. The highest BCUT2D eigenvalue weighted by molar-refractivity contribution is 7.15. The van der Waals surface area contributed by atoms with E-state index in [1.165, 1.54) is 11.3 Å². The molecule has 0 aliphatic heterocycles. The van der Waals surface area contributed by atoms with Gasteiger partial charge in [0.1, 0.15) is 5.01 Å². The lowest BCUT2D eigenvalue weighted by molar-refractivity contribution is -0.115. The Morgan fingerprint density at radius 2 is 1.85 bits per heavy atom. The molecular weight excluding hydrogens is 348 g/mol. The Balaban J connectivity index is 1.71. The van der Waals surface area contributed by atoms with Crippen molar-refractivity contribution in [3.63, 3.8) is 0 Å². The molecule has 2 aromatic rings. The molecule has 7 N–H and O–H groups in total. The molecule has 0 unspecified atom stereocenters. The summed E-state index contributed by atoms with van der Waals surface area (Å²) >= 11 is 1.40. The Morgan fingerprint density at radius 3 is 2.58 bits per heavy atom. The van der Waals surface area contributed by atoms with E-state index in [0.717, 1.165) is 42.0 Å². The first-order valence-corrected chi connectivity index (χ1v) is 9.18. The number of hydrogen-bond acceptors (Lipinski definition) is 7. The van der Waals surface area contributed by atoms with Crippen molar-refractivity contribution < 1.29 is 4.79 Å². The number of allylic oxidation sites excluding steroid dienone is 3. The first kappa shape index (κ1) is 19.5. The number of unbranched alkanes of at least 4 members (excludes halogenated alkanes) is 1. The van der Waals surface area contributed by atoms with Crippen molar-refractivity contribution in [3.05, 3.63) is 64.6 Å². The van der Waals surface area contributed by atoms with Crippen LogP contribution in [0.4, 0.5) is 5.13 Å². The molecule has 138 valence electrons. The third kappa shape index (κ3) is 7.35. The molecule has 2 rings (SSSR count). The second kappa shape index (κ2) is 10.2. The molecule has 0 fully saturated rings. The number of nitrogens with zero attached hydrogens (tertiary/aromatic N) is 2. The lowest BCUT2D eigenvalue weighted by Gasteiger charge is -2.01. The van der Waals surface area contributed by atoms with E-state index in [2.05, 4.69) is 15.5 Å². The summed E-state index contributed by atoms with van der Waals surface area (Å²) in [5, 5.41) is 12.4. The van der Waals surface area contributed by atoms with Gasteiger partial charge in [-0.2, -0.15) is 0 Å². The third-order valence-electron chi connectivity index (χ3n) is 3.52. The second-order valence-electron chi connectivity index (χ2n) is 5.83. The summed E-state index contributed by atoms with van der Waals surface area (Å²) in [5.74, 6) is 0.146. The van der Waals surface area contributed by atoms with Gasteiger partial charge in [-0.3, -0.25) is 4.79 Å². The van der Waals surface area contributed by atoms with Gasteiger partial charge in [0, 0.05) is 12.1 Å². The molecule has 0 saturated carbocycles. The molecule has 7 nitrogen and oxygen atoms in total. The molecule has 1 aromatic heterocycles. The highest BCUT2D eigenvalue weighted by Crippen LogP contribution is 2.18. The minimum Gasteiger partial charge on any atom is -0.402 e. The zero-order valence-corrected chi connectivity index (χ0v) is 15.3. The summed E-state index contributed by atoms with van der Waals surface area (Å²) in [6, 6.07) is 9.59. The van der Waals surface area contributed by atoms with Crippen molar-refractivity contribution in [2.75, 3.05) is 5.32 Å². The van der Waals surface area contributed by atoms with Gasteiger partial charge < -0.3 is 22.5 Å². The molecule has 0 aliphatic carbocycles. The summed E-state index contributed by atoms with van der Waals surface area (Å²) in [4.78, 5) is 12.0. The Hall–Kier alpha value is -2.87. The molecule has 26 heavy (non-hydrogen) atoms. The number of aryl methyl sites for hydroxylation is 1. The lowest BCUT2D eigenvalue weighted by Crippen LogP contribution is -2.14. The van der Waals surface area contributed by atoms with Gasteiger partial charge in [0.15, 0.2) is 0 Å². The van der Waals surface area contributed by atoms with E-state index >= 15 is 0 Å². The van der Waals surface area contributed by atoms with Crippen LogP contribution in [0.1, 0.15) is 29.8 Å². The van der Waals surface area contributed by atoms with Gasteiger partial charge in [-0.1, -0.05) is 41.7 Å². The van der Waals surface area contributed by atoms with Crippen LogP contribution in [-0.4, -0.2) is 16.1 Å². The van der Waals surface area contributed by atoms with E-state index in [4.69, 9.17) is 17.2 Å². The third-order valence-corrected chi connectivity index (χ3v) is 4.42. The Bertz CT molecular complexity index is 765. The number of carbonyl (C=O) groups is 1. The van der Waals surface area contributed by atoms with Crippen LogP contribution in [0.5, 0.6) is 0 Å². The average Bonchev–Trinajstić information content (AvgIpc) is 3.05. The molecule has 1 heterocycles. The van der Waals surface area contributed by atoms with Gasteiger partial charge in [0.2, 0.25) is 11.0 Å². The fraction of sp³-hybridized carbons (Fsp3) is 0.278. The van der Waals surface area contributed by atoms with Gasteiger partial charge in [0.25, 0.3) is 0 Å². The molecule has 0 atom stereocenters. The van der Waals surface area contributed by atoms with Crippen LogP contribution in [0.25, 0.3) is 0 Å². The molecule has 8 heteroatoms. The molecular formula is C18H24N6OS. The average molecular weight is 372 g/mol. The van der Waals surface area contributed by atoms with Crippen LogP contribution >= 0.6 is 11.3 Å². The maximum Gasteiger partial charge on any atom is 0.230 e. The monoisotopic (exact) mass is 372 g/mol. The highest BCUT2D eigenvalue weighted by Gasteiger charge is 2.09. The standard InChI is InChI=1S/C18H24N6OS/c19-14(10-11-15(20)21)8-4-5-9-17-23-24-18(26-17)22-16(25)12-13-6-2-1-3-7-13/h1-3,6-7,10-11H,4-5,8-9,12,19-21H2,(H,22,24,25)/b14-10-. The van der Waals surface area contributed by atoms with Crippen molar-refractivity contribution in [2.24, 2.45) is 17.2 Å². The lowest BCUT2D eigenvalue weighted by atomic mass is 10.1. The van der Waals surface area contributed by atoms with Crippen LogP contribution < -0.4 is 22.5 Å². The van der Waals surface area contributed by atoms with Crippen molar-refractivity contribution >= 4 is 22.4 Å². The SMILES string of the molecule is NC(N)=C/C=C(\N)CCCCc1nnc(NC(=O)Cc2ccccc2)s1. The molecule has 0 radical (unpaired) electrons. The predicted octanol–water partition coefficient (Wildman–Crippen LogP) is 2.03. The largest absolute Gasteiger partial charge is 0.402 e. The summed E-state index contributed by atoms with van der Waals surface area (Å²) in [6.07, 6.45) is 7.06. The van der Waals surface area contributed by atoms with Crippen molar-refractivity contribution in [1.82, 2.24) is 10.2 Å². The van der Waals surface area contributed by atoms with Gasteiger partial charge in [-0.05, 0) is 37.0 Å². The number of benzene rings is 1. The summed E-state index contributed by atoms with van der Waals surface area (Å²) < 4.78 is 0. The van der Waals surface area contributed by atoms with E-state index < -0.39 is 0 Å². The molecule has 0 saturated heterocycles. The Labute approximate surface area is 157 Å². The zero-order chi connectivity index (χ0) is 18.8. The Morgan fingerprint density at radius 1 is 1.08 bits per heavy atom. The minimum atomic E-state index is -0.0935. The predicted molar refractivity (Wildman–Crippen MR) is 105 cm³/mol. The van der Waals surface area contributed by atoms with Crippen LogP contribution in [-0.2, 0) is 17.6 Å². The molecule has 0 bridgehead atoms. The smallest absolute Gasteiger partial charge is 0.230 e. The van der Waals surface area contributed by atoms with Gasteiger partial charge in [-0.15, -0.1) is 10.2 Å². The number of amides is 1. The number of hydrogen-bond donors (Lipinski definition) is 4. The van der Waals surface area contributed by atoms with Gasteiger partial charge >= 0.3 is 0 Å². The number of carbonyl (C=O) groups excluding carboxylic acids is 1. The first-order chi connectivity index (χ1) is 12.5. The van der Waals surface area contributed by atoms with E-state index in [1.54, 1.807) is 12.2 Å². The normalized spacial score (nSPS) is 11.2. The first-order valence-electron chi connectivity index (χ1n) is 8.36.